The van der Waals surface area contributed by atoms with Crippen LogP contribution in [-0.4, -0.2) is 59.1 Å². The molecule has 3 aromatic rings. The Hall–Kier alpha value is -2.84. The molecule has 3 heterocycles. The summed E-state index contributed by atoms with van der Waals surface area (Å²) in [7, 11) is 0. The van der Waals surface area contributed by atoms with Crippen molar-refractivity contribution in [2.45, 2.75) is 17.2 Å². The fourth-order valence-corrected chi connectivity index (χ4v) is 5.83. The van der Waals surface area contributed by atoms with Crippen molar-refractivity contribution in [2.24, 2.45) is 0 Å². The molecule has 1 N–H and O–H groups in total. The lowest BCUT2D eigenvalue weighted by Crippen LogP contribution is -2.47. The first-order chi connectivity index (χ1) is 15.1. The maximum absolute atomic E-state index is 12.9. The summed E-state index contributed by atoms with van der Waals surface area (Å²) in [5, 5.41) is 12.3. The number of nitrogens with zero attached hydrogens (tertiary/aromatic N) is 3. The molecule has 0 bridgehead atoms. The van der Waals surface area contributed by atoms with Crippen molar-refractivity contribution in [3.63, 3.8) is 0 Å². The average Bonchev–Trinajstić information content (AvgIpc) is 3.44. The number of carbonyl (C=O) groups excluding carboxylic acids is 1. The maximum Gasteiger partial charge on any atom is 0.269 e. The topological polar surface area (TPSA) is 82.5 Å². The third-order valence-electron chi connectivity index (χ3n) is 6.33. The Morgan fingerprint density at radius 2 is 2.00 bits per heavy atom. The summed E-state index contributed by atoms with van der Waals surface area (Å²) in [6, 6.07) is 13.3. The largest absolute Gasteiger partial charge is 0.368 e. The summed E-state index contributed by atoms with van der Waals surface area (Å²) >= 11 is 1.62. The summed E-state index contributed by atoms with van der Waals surface area (Å²) in [6.45, 7) is 4.47. The van der Waals surface area contributed by atoms with Crippen LogP contribution in [0.4, 0.5) is 11.4 Å². The Bertz CT molecular complexity index is 1140. The van der Waals surface area contributed by atoms with Crippen molar-refractivity contribution in [2.75, 3.05) is 43.4 Å². The van der Waals surface area contributed by atoms with Gasteiger partial charge in [-0.25, -0.2) is 0 Å². The van der Waals surface area contributed by atoms with Gasteiger partial charge in [0.2, 0.25) is 0 Å². The van der Waals surface area contributed by atoms with Gasteiger partial charge < -0.3 is 9.88 Å². The van der Waals surface area contributed by atoms with Crippen LogP contribution in [0.5, 0.6) is 0 Å². The standard InChI is InChI=1S/C23H24N4O3S/c28-22(19-15-31-23-5-4-16(27(29)30)14-18(19)23)7-9-25-10-12-26(13-11-25)21-3-1-2-20-17(21)6-8-24-20/h1-6,8,14,19,24H,7,9-13,15H2. The molecule has 5 rings (SSSR count). The third kappa shape index (κ3) is 3.93. The number of piperazine rings is 1. The number of nitrogens with one attached hydrogen (secondary N) is 1. The number of rotatable bonds is 6. The molecule has 31 heavy (non-hydrogen) atoms. The second kappa shape index (κ2) is 8.36. The number of non-ortho nitro benzene ring substituents is 1. The van der Waals surface area contributed by atoms with E-state index in [9.17, 15) is 14.9 Å². The molecule has 1 aromatic heterocycles. The highest BCUT2D eigenvalue weighted by molar-refractivity contribution is 7.99. The van der Waals surface area contributed by atoms with E-state index < -0.39 is 4.92 Å². The first-order valence-electron chi connectivity index (χ1n) is 10.6. The molecule has 0 radical (unpaired) electrons. The molecule has 160 valence electrons. The van der Waals surface area contributed by atoms with Gasteiger partial charge >= 0.3 is 0 Å². The number of nitro benzene ring substituents is 1. The third-order valence-corrected chi connectivity index (χ3v) is 7.52. The van der Waals surface area contributed by atoms with Crippen molar-refractivity contribution in [3.05, 3.63) is 64.3 Å². The molecule has 0 spiro atoms. The van der Waals surface area contributed by atoms with Crippen LogP contribution >= 0.6 is 11.8 Å². The lowest BCUT2D eigenvalue weighted by molar-refractivity contribution is -0.385. The highest BCUT2D eigenvalue weighted by Gasteiger charge is 2.31. The molecule has 0 amide bonds. The molecular weight excluding hydrogens is 412 g/mol. The number of Topliss-reactive ketones (excluding diaryl/α,β-unsaturated/α-hetero) is 1. The number of ketones is 1. The first-order valence-corrected chi connectivity index (χ1v) is 11.6. The fraction of sp³-hybridized carbons (Fsp3) is 0.348. The van der Waals surface area contributed by atoms with Crippen LogP contribution in [0.3, 0.4) is 0 Å². The van der Waals surface area contributed by atoms with Gasteiger partial charge in [-0.3, -0.25) is 19.8 Å². The van der Waals surface area contributed by atoms with Gasteiger partial charge in [0, 0.05) is 84.7 Å². The van der Waals surface area contributed by atoms with E-state index in [2.05, 4.69) is 39.0 Å². The van der Waals surface area contributed by atoms with Gasteiger partial charge in [-0.05, 0) is 29.8 Å². The molecular formula is C23H24N4O3S. The van der Waals surface area contributed by atoms with E-state index in [-0.39, 0.29) is 17.4 Å². The minimum atomic E-state index is -0.391. The normalized spacial score (nSPS) is 19.0. The highest BCUT2D eigenvalue weighted by Crippen LogP contribution is 2.42. The summed E-state index contributed by atoms with van der Waals surface area (Å²) in [5.74, 6) is 0.641. The van der Waals surface area contributed by atoms with Gasteiger partial charge in [-0.1, -0.05) is 6.07 Å². The second-order valence-corrected chi connectivity index (χ2v) is 9.17. The van der Waals surface area contributed by atoms with Crippen LogP contribution in [-0.2, 0) is 4.79 Å². The van der Waals surface area contributed by atoms with E-state index >= 15 is 0 Å². The maximum atomic E-state index is 12.9. The monoisotopic (exact) mass is 436 g/mol. The molecule has 1 unspecified atom stereocenters. The minimum absolute atomic E-state index is 0.0626. The van der Waals surface area contributed by atoms with Crippen molar-refractivity contribution in [1.82, 2.24) is 9.88 Å². The average molecular weight is 437 g/mol. The number of nitro groups is 1. The van der Waals surface area contributed by atoms with E-state index in [1.165, 1.54) is 17.1 Å². The number of fused-ring (bicyclic) bond motifs is 2. The van der Waals surface area contributed by atoms with E-state index in [4.69, 9.17) is 0 Å². The predicted octanol–water partition coefficient (Wildman–Crippen LogP) is 4.05. The zero-order valence-electron chi connectivity index (χ0n) is 17.1. The summed E-state index contributed by atoms with van der Waals surface area (Å²) in [6.07, 6.45) is 2.46. The van der Waals surface area contributed by atoms with Gasteiger partial charge in [0.05, 0.1) is 10.8 Å². The highest BCUT2D eigenvalue weighted by atomic mass is 32.2. The molecule has 1 atom stereocenters. The number of hydrogen-bond donors (Lipinski definition) is 1. The molecule has 2 aliphatic rings. The van der Waals surface area contributed by atoms with E-state index in [1.54, 1.807) is 23.9 Å². The van der Waals surface area contributed by atoms with Crippen LogP contribution in [0.2, 0.25) is 0 Å². The van der Waals surface area contributed by atoms with Crippen molar-refractivity contribution < 1.29 is 9.72 Å². The Labute approximate surface area is 184 Å². The summed E-state index contributed by atoms with van der Waals surface area (Å²) in [5.41, 5.74) is 3.30. The lowest BCUT2D eigenvalue weighted by atomic mass is 9.94. The number of anilines is 1. The number of hydrogen-bond acceptors (Lipinski definition) is 6. The number of benzene rings is 2. The Morgan fingerprint density at radius 1 is 1.16 bits per heavy atom. The Balaban J connectivity index is 1.17. The zero-order valence-corrected chi connectivity index (χ0v) is 17.9. The number of aromatic amines is 1. The molecule has 7 nitrogen and oxygen atoms in total. The lowest BCUT2D eigenvalue weighted by Gasteiger charge is -2.36. The van der Waals surface area contributed by atoms with E-state index in [1.807, 2.05) is 6.20 Å². The summed E-state index contributed by atoms with van der Waals surface area (Å²) in [4.78, 5) is 32.6. The molecule has 0 aliphatic carbocycles. The molecule has 2 aromatic carbocycles. The number of thioether (sulfide) groups is 1. The van der Waals surface area contributed by atoms with Gasteiger partial charge in [-0.15, -0.1) is 11.8 Å². The molecule has 0 saturated carbocycles. The zero-order chi connectivity index (χ0) is 21.4. The smallest absolute Gasteiger partial charge is 0.269 e. The fourth-order valence-electron chi connectivity index (χ4n) is 4.58. The van der Waals surface area contributed by atoms with Crippen LogP contribution in [0.25, 0.3) is 10.9 Å². The van der Waals surface area contributed by atoms with Gasteiger partial charge in [0.15, 0.2) is 0 Å². The molecule has 8 heteroatoms. The molecule has 2 aliphatic heterocycles. The van der Waals surface area contributed by atoms with Crippen LogP contribution in [0.1, 0.15) is 17.9 Å². The van der Waals surface area contributed by atoms with Crippen LogP contribution < -0.4 is 4.90 Å². The summed E-state index contributed by atoms with van der Waals surface area (Å²) < 4.78 is 0. The van der Waals surface area contributed by atoms with Crippen molar-refractivity contribution in [3.8, 4) is 0 Å². The SMILES string of the molecule is O=C(CCN1CCN(c2cccc3[nH]ccc23)CC1)C1CSc2ccc([N+](=O)[O-])cc21. The van der Waals surface area contributed by atoms with Gasteiger partial charge in [0.25, 0.3) is 5.69 Å². The number of aromatic nitrogens is 1. The van der Waals surface area contributed by atoms with Crippen molar-refractivity contribution in [1.29, 1.82) is 0 Å². The quantitative estimate of drug-likeness (QED) is 0.464. The number of carbonyl (C=O) groups is 1. The Morgan fingerprint density at radius 3 is 2.81 bits per heavy atom. The predicted molar refractivity (Wildman–Crippen MR) is 123 cm³/mol. The number of H-pyrrole nitrogens is 1. The van der Waals surface area contributed by atoms with Crippen molar-refractivity contribution >= 4 is 39.8 Å². The van der Waals surface area contributed by atoms with E-state index in [0.29, 0.717) is 12.2 Å². The first kappa shape index (κ1) is 20.1. The Kier molecular flexibility index (Phi) is 5.41. The van der Waals surface area contributed by atoms with E-state index in [0.717, 1.165) is 48.7 Å². The molecule has 1 fully saturated rings. The second-order valence-electron chi connectivity index (χ2n) is 8.10. The molecule has 1 saturated heterocycles. The van der Waals surface area contributed by atoms with Crippen LogP contribution in [0.15, 0.2) is 53.6 Å². The minimum Gasteiger partial charge on any atom is -0.368 e. The van der Waals surface area contributed by atoms with Gasteiger partial charge in [0.1, 0.15) is 5.78 Å². The van der Waals surface area contributed by atoms with Crippen LogP contribution in [0, 0.1) is 10.1 Å². The van der Waals surface area contributed by atoms with Gasteiger partial charge in [-0.2, -0.15) is 0 Å².